The van der Waals surface area contributed by atoms with Gasteiger partial charge in [0.25, 0.3) is 0 Å². The molecule has 3 aromatic rings. The number of urea groups is 1. The molecule has 1 atom stereocenters. The molecule has 3 aliphatic rings. The monoisotopic (exact) mass is 442 g/mol. The number of fused-ring (bicyclic) bond motifs is 5. The van der Waals surface area contributed by atoms with Gasteiger partial charge in [-0.05, 0) is 29.8 Å². The highest BCUT2D eigenvalue weighted by Gasteiger charge is 2.50. The van der Waals surface area contributed by atoms with Gasteiger partial charge in [-0.15, -0.1) is 0 Å². The van der Waals surface area contributed by atoms with E-state index in [-0.39, 0.29) is 18.9 Å². The molecule has 1 unspecified atom stereocenters. The molecule has 4 heterocycles. The zero-order valence-corrected chi connectivity index (χ0v) is 16.7. The van der Waals surface area contributed by atoms with Crippen LogP contribution in [-0.2, 0) is 24.7 Å². The third kappa shape index (κ3) is 2.70. The highest BCUT2D eigenvalue weighted by molar-refractivity contribution is 5.97. The predicted molar refractivity (Wildman–Crippen MR) is 107 cm³/mol. The van der Waals surface area contributed by atoms with Crippen LogP contribution >= 0.6 is 0 Å². The Balaban J connectivity index is 1.42. The van der Waals surface area contributed by atoms with E-state index in [1.54, 1.807) is 12.1 Å². The molecule has 0 bridgehead atoms. The highest BCUT2D eigenvalue weighted by atomic mass is 19.4. The van der Waals surface area contributed by atoms with Crippen molar-refractivity contribution in [3.05, 3.63) is 76.7 Å². The van der Waals surface area contributed by atoms with E-state index in [2.05, 4.69) is 5.32 Å². The third-order valence-corrected chi connectivity index (χ3v) is 6.17. The lowest BCUT2D eigenvalue weighted by molar-refractivity contribution is -0.153. The van der Waals surface area contributed by atoms with Crippen molar-refractivity contribution < 1.29 is 31.9 Å². The molecule has 32 heavy (non-hydrogen) atoms. The number of anilines is 1. The minimum absolute atomic E-state index is 0.0382. The highest BCUT2D eigenvalue weighted by Crippen LogP contribution is 2.49. The van der Waals surface area contributed by atoms with Crippen molar-refractivity contribution in [3.63, 3.8) is 0 Å². The Kier molecular flexibility index (Phi) is 3.84. The van der Waals surface area contributed by atoms with Gasteiger partial charge >= 0.3 is 12.2 Å². The Bertz CT molecular complexity index is 1250. The van der Waals surface area contributed by atoms with E-state index in [0.29, 0.717) is 18.0 Å². The van der Waals surface area contributed by atoms with Crippen LogP contribution in [0.25, 0.3) is 0 Å². The maximum absolute atomic E-state index is 13.2. The summed E-state index contributed by atoms with van der Waals surface area (Å²) in [5.41, 5.74) is 2.41. The minimum Gasteiger partial charge on any atom is -0.493 e. The average Bonchev–Trinajstić information content (AvgIpc) is 3.49. The van der Waals surface area contributed by atoms with Crippen LogP contribution in [0, 0.1) is 0 Å². The molecular weight excluding hydrogens is 425 g/mol. The fraction of sp³-hybridized carbons (Fsp3) is 0.261. The number of rotatable bonds is 2. The Morgan fingerprint density at radius 2 is 1.88 bits per heavy atom. The third-order valence-electron chi connectivity index (χ3n) is 6.17. The first kappa shape index (κ1) is 19.1. The number of alkyl halides is 3. The fourth-order valence-corrected chi connectivity index (χ4v) is 4.67. The standard InChI is InChI=1S/C23H17F3N2O4/c24-23(25,26)20-6-5-14(32-20)11-28-17-4-2-1-3-15(17)22(27-21(28)29)12-31-19-10-18-13(7-8-30-18)9-16(19)22/h1-6,9-10H,7-8,11-12H2,(H,27,29). The topological polar surface area (TPSA) is 63.9 Å². The number of hydrogen-bond donors (Lipinski definition) is 1. The van der Waals surface area contributed by atoms with Crippen molar-refractivity contribution in [2.24, 2.45) is 0 Å². The minimum atomic E-state index is -4.58. The first-order valence-electron chi connectivity index (χ1n) is 10.1. The second-order valence-corrected chi connectivity index (χ2v) is 8.05. The predicted octanol–water partition coefficient (Wildman–Crippen LogP) is 4.60. The molecule has 9 heteroatoms. The van der Waals surface area contributed by atoms with E-state index in [0.717, 1.165) is 34.9 Å². The van der Waals surface area contributed by atoms with Gasteiger partial charge in [-0.2, -0.15) is 13.2 Å². The number of para-hydroxylation sites is 1. The van der Waals surface area contributed by atoms with Gasteiger partial charge in [-0.1, -0.05) is 18.2 Å². The van der Waals surface area contributed by atoms with Crippen molar-refractivity contribution >= 4 is 11.7 Å². The Hall–Kier alpha value is -3.62. The maximum atomic E-state index is 13.2. The van der Waals surface area contributed by atoms with E-state index in [4.69, 9.17) is 13.9 Å². The summed E-state index contributed by atoms with van der Waals surface area (Å²) in [5.74, 6) is 0.381. The molecule has 6 rings (SSSR count). The summed E-state index contributed by atoms with van der Waals surface area (Å²) < 4.78 is 55.3. The molecule has 164 valence electrons. The molecule has 3 aliphatic heterocycles. The number of nitrogens with zero attached hydrogens (tertiary/aromatic N) is 1. The normalized spacial score (nSPS) is 21.0. The lowest BCUT2D eigenvalue weighted by Gasteiger charge is -2.40. The quantitative estimate of drug-likeness (QED) is 0.630. The van der Waals surface area contributed by atoms with Crippen LogP contribution in [0.15, 0.2) is 52.9 Å². The molecule has 0 saturated carbocycles. The van der Waals surface area contributed by atoms with Gasteiger partial charge in [0.05, 0.1) is 18.8 Å². The van der Waals surface area contributed by atoms with Crippen LogP contribution in [0.2, 0.25) is 0 Å². The summed E-state index contributed by atoms with van der Waals surface area (Å²) in [6.45, 7) is 0.673. The summed E-state index contributed by atoms with van der Waals surface area (Å²) in [5, 5.41) is 3.06. The molecule has 0 saturated heterocycles. The molecular formula is C23H17F3N2O4. The number of amides is 2. The van der Waals surface area contributed by atoms with Crippen molar-refractivity contribution in [2.75, 3.05) is 18.1 Å². The molecule has 6 nitrogen and oxygen atoms in total. The summed E-state index contributed by atoms with van der Waals surface area (Å²) >= 11 is 0. The number of halogens is 3. The average molecular weight is 442 g/mol. The van der Waals surface area contributed by atoms with Crippen molar-refractivity contribution in [1.82, 2.24) is 5.32 Å². The summed E-state index contributed by atoms with van der Waals surface area (Å²) in [6, 6.07) is 12.9. The van der Waals surface area contributed by atoms with E-state index in [1.165, 1.54) is 11.0 Å². The van der Waals surface area contributed by atoms with E-state index < -0.39 is 23.5 Å². The Morgan fingerprint density at radius 3 is 2.69 bits per heavy atom. The number of nitrogens with one attached hydrogen (secondary N) is 1. The molecule has 2 amide bonds. The van der Waals surface area contributed by atoms with Gasteiger partial charge in [0.2, 0.25) is 5.76 Å². The zero-order valence-electron chi connectivity index (χ0n) is 16.7. The van der Waals surface area contributed by atoms with E-state index in [9.17, 15) is 18.0 Å². The Morgan fingerprint density at radius 1 is 1.03 bits per heavy atom. The number of furan rings is 1. The lowest BCUT2D eigenvalue weighted by Crippen LogP contribution is -2.57. The van der Waals surface area contributed by atoms with Crippen molar-refractivity contribution in [2.45, 2.75) is 24.7 Å². The van der Waals surface area contributed by atoms with Gasteiger partial charge in [-0.3, -0.25) is 4.90 Å². The summed E-state index contributed by atoms with van der Waals surface area (Å²) in [6.07, 6.45) is -3.81. The first-order chi connectivity index (χ1) is 15.3. The van der Waals surface area contributed by atoms with Gasteiger partial charge in [0, 0.05) is 23.6 Å². The molecule has 0 fully saturated rings. The summed E-state index contributed by atoms with van der Waals surface area (Å²) in [7, 11) is 0. The van der Waals surface area contributed by atoms with Gasteiger partial charge in [0.15, 0.2) is 0 Å². The number of carbonyl (C=O) groups excluding carboxylic acids is 1. The Labute approximate surface area is 180 Å². The summed E-state index contributed by atoms with van der Waals surface area (Å²) in [4.78, 5) is 14.6. The van der Waals surface area contributed by atoms with Crippen LogP contribution in [0.4, 0.5) is 23.7 Å². The number of hydrogen-bond acceptors (Lipinski definition) is 4. The number of benzene rings is 2. The molecule has 0 radical (unpaired) electrons. The van der Waals surface area contributed by atoms with Crippen molar-refractivity contribution in [1.29, 1.82) is 0 Å². The van der Waals surface area contributed by atoms with Gasteiger partial charge in [-0.25, -0.2) is 4.79 Å². The van der Waals surface area contributed by atoms with Crippen LogP contribution in [-0.4, -0.2) is 19.2 Å². The SMILES string of the molecule is O=C1NC2(COc3cc4c(cc32)CCO4)c2ccccc2N1Cc1ccc(C(F)(F)F)o1. The maximum Gasteiger partial charge on any atom is 0.449 e. The molecule has 1 spiro atoms. The van der Waals surface area contributed by atoms with E-state index >= 15 is 0 Å². The second kappa shape index (κ2) is 6.44. The second-order valence-electron chi connectivity index (χ2n) is 8.05. The van der Waals surface area contributed by atoms with Crippen LogP contribution < -0.4 is 19.7 Å². The first-order valence-corrected chi connectivity index (χ1v) is 10.1. The zero-order chi connectivity index (χ0) is 22.1. The number of carbonyl (C=O) groups is 1. The molecule has 2 aromatic carbocycles. The largest absolute Gasteiger partial charge is 0.493 e. The smallest absolute Gasteiger partial charge is 0.449 e. The fourth-order valence-electron chi connectivity index (χ4n) is 4.67. The van der Waals surface area contributed by atoms with Gasteiger partial charge < -0.3 is 19.2 Å². The van der Waals surface area contributed by atoms with Crippen LogP contribution in [0.1, 0.15) is 28.2 Å². The van der Waals surface area contributed by atoms with Crippen molar-refractivity contribution in [3.8, 4) is 11.5 Å². The van der Waals surface area contributed by atoms with Crippen LogP contribution in [0.5, 0.6) is 11.5 Å². The molecule has 0 aliphatic carbocycles. The number of ether oxygens (including phenoxy) is 2. The van der Waals surface area contributed by atoms with E-state index in [1.807, 2.05) is 24.3 Å². The van der Waals surface area contributed by atoms with Gasteiger partial charge in [0.1, 0.15) is 29.4 Å². The molecule has 1 aromatic heterocycles. The lowest BCUT2D eigenvalue weighted by atomic mass is 9.81. The van der Waals surface area contributed by atoms with Crippen LogP contribution in [0.3, 0.4) is 0 Å². The molecule has 1 N–H and O–H groups in total.